The van der Waals surface area contributed by atoms with Gasteiger partial charge in [-0.25, -0.2) is 0 Å². The van der Waals surface area contributed by atoms with Gasteiger partial charge in [-0.3, -0.25) is 0 Å². The number of hydrogen-bond acceptors (Lipinski definition) is 1. The molecule has 1 saturated carbocycles. The Labute approximate surface area is 141 Å². The zero-order chi connectivity index (χ0) is 16.1. The van der Waals surface area contributed by atoms with E-state index in [-0.39, 0.29) is 0 Å². The van der Waals surface area contributed by atoms with E-state index in [9.17, 15) is 0 Å². The Balaban J connectivity index is 1.68. The van der Waals surface area contributed by atoms with Gasteiger partial charge >= 0.3 is 0 Å². The molecule has 0 radical (unpaired) electrons. The topological polar surface area (TPSA) is 9.23 Å². The number of hydrogen-bond donors (Lipinski definition) is 0. The molecule has 23 heavy (non-hydrogen) atoms. The van der Waals surface area contributed by atoms with Gasteiger partial charge in [-0.2, -0.15) is 0 Å². The summed E-state index contributed by atoms with van der Waals surface area (Å²) in [5.41, 5.74) is 1.53. The van der Waals surface area contributed by atoms with Gasteiger partial charge in [0.2, 0.25) is 0 Å². The molecule has 0 atom stereocenters. The van der Waals surface area contributed by atoms with Gasteiger partial charge in [-0.15, -0.1) is 0 Å². The largest absolute Gasteiger partial charge is 0.494 e. The van der Waals surface area contributed by atoms with Crippen molar-refractivity contribution in [1.82, 2.24) is 0 Å². The summed E-state index contributed by atoms with van der Waals surface area (Å²) in [7, 11) is 0. The molecule has 1 aliphatic rings. The molecule has 124 valence electrons. The lowest BCUT2D eigenvalue weighted by molar-refractivity contribution is 0.306. The second kappa shape index (κ2) is 7.86. The van der Waals surface area contributed by atoms with Gasteiger partial charge in [0.05, 0.1) is 6.61 Å². The lowest BCUT2D eigenvalue weighted by atomic mass is 9.79. The number of rotatable bonds is 6. The summed E-state index contributed by atoms with van der Waals surface area (Å²) < 4.78 is 5.87. The van der Waals surface area contributed by atoms with E-state index in [0.717, 1.165) is 30.6 Å². The average Bonchev–Trinajstić information content (AvgIpc) is 2.59. The Hall–Kier alpha value is -1.50. The molecular formula is C22H30O. The van der Waals surface area contributed by atoms with Crippen LogP contribution in [0.3, 0.4) is 0 Å². The molecule has 1 aliphatic carbocycles. The summed E-state index contributed by atoms with van der Waals surface area (Å²) in [5, 5.41) is 2.65. The van der Waals surface area contributed by atoms with Crippen LogP contribution in [-0.4, -0.2) is 6.61 Å². The highest BCUT2D eigenvalue weighted by atomic mass is 16.5. The van der Waals surface area contributed by atoms with Crippen molar-refractivity contribution in [2.75, 3.05) is 6.61 Å². The van der Waals surface area contributed by atoms with Crippen molar-refractivity contribution in [3.8, 4) is 5.75 Å². The van der Waals surface area contributed by atoms with E-state index in [1.807, 2.05) is 0 Å². The van der Waals surface area contributed by atoms with Crippen molar-refractivity contribution < 1.29 is 4.74 Å². The Kier molecular flexibility index (Phi) is 5.59. The molecule has 0 bridgehead atoms. The molecule has 3 rings (SSSR count). The number of fused-ring (bicyclic) bond motifs is 1. The van der Waals surface area contributed by atoms with Crippen LogP contribution in [0.4, 0.5) is 0 Å². The standard InChI is InChI=1S/C22H30O/c1-3-4-5-14-23-22-13-12-20-15-19(10-11-21(20)16-22)18-8-6-17(2)7-9-18/h10-13,15-18H,3-9,14H2,1-2H3. The fourth-order valence-electron chi connectivity index (χ4n) is 3.72. The fraction of sp³-hybridized carbons (Fsp3) is 0.545. The van der Waals surface area contributed by atoms with E-state index >= 15 is 0 Å². The monoisotopic (exact) mass is 310 g/mol. The van der Waals surface area contributed by atoms with Gasteiger partial charge < -0.3 is 4.74 Å². The number of unbranched alkanes of at least 4 members (excludes halogenated alkanes) is 2. The average molecular weight is 310 g/mol. The molecule has 2 aromatic rings. The van der Waals surface area contributed by atoms with E-state index in [4.69, 9.17) is 4.74 Å². The first kappa shape index (κ1) is 16.4. The summed E-state index contributed by atoms with van der Waals surface area (Å²) in [4.78, 5) is 0. The highest BCUT2D eigenvalue weighted by molar-refractivity contribution is 5.84. The summed E-state index contributed by atoms with van der Waals surface area (Å²) in [6.07, 6.45) is 9.10. The van der Waals surface area contributed by atoms with Crippen molar-refractivity contribution in [3.05, 3.63) is 42.0 Å². The molecule has 0 unspecified atom stereocenters. The van der Waals surface area contributed by atoms with Crippen LogP contribution in [0.5, 0.6) is 5.75 Å². The van der Waals surface area contributed by atoms with E-state index in [0.29, 0.717) is 0 Å². The first-order chi connectivity index (χ1) is 11.3. The third-order valence-corrected chi connectivity index (χ3v) is 5.34. The minimum absolute atomic E-state index is 0.764. The van der Waals surface area contributed by atoms with Crippen molar-refractivity contribution in [2.45, 2.75) is 64.7 Å². The Bertz CT molecular complexity index is 623. The minimum Gasteiger partial charge on any atom is -0.494 e. The van der Waals surface area contributed by atoms with Gasteiger partial charge in [0.25, 0.3) is 0 Å². The Morgan fingerprint density at radius 3 is 2.43 bits per heavy atom. The molecule has 0 N–H and O–H groups in total. The molecule has 1 nitrogen and oxygen atoms in total. The highest BCUT2D eigenvalue weighted by Crippen LogP contribution is 2.36. The smallest absolute Gasteiger partial charge is 0.119 e. The van der Waals surface area contributed by atoms with Crippen LogP contribution in [0.2, 0.25) is 0 Å². The first-order valence-electron chi connectivity index (χ1n) is 9.42. The summed E-state index contributed by atoms with van der Waals surface area (Å²) in [6.45, 7) is 5.44. The molecule has 1 fully saturated rings. The SMILES string of the molecule is CCCCCOc1ccc2cc(C3CCC(C)CC3)ccc2c1. The zero-order valence-corrected chi connectivity index (χ0v) is 14.7. The van der Waals surface area contributed by atoms with Crippen molar-refractivity contribution >= 4 is 10.8 Å². The predicted octanol–water partition coefficient (Wildman–Crippen LogP) is 6.70. The van der Waals surface area contributed by atoms with Crippen LogP contribution in [-0.2, 0) is 0 Å². The molecule has 1 heteroatoms. The molecule has 0 aromatic heterocycles. The number of benzene rings is 2. The predicted molar refractivity (Wildman–Crippen MR) is 99.3 cm³/mol. The second-order valence-corrected chi connectivity index (χ2v) is 7.28. The fourth-order valence-corrected chi connectivity index (χ4v) is 3.72. The second-order valence-electron chi connectivity index (χ2n) is 7.28. The van der Waals surface area contributed by atoms with E-state index in [1.165, 1.54) is 54.9 Å². The lowest BCUT2D eigenvalue weighted by Crippen LogP contribution is -2.10. The van der Waals surface area contributed by atoms with Crippen LogP contribution in [0.15, 0.2) is 36.4 Å². The molecule has 0 aliphatic heterocycles. The van der Waals surface area contributed by atoms with Gasteiger partial charge in [0.1, 0.15) is 5.75 Å². The lowest BCUT2D eigenvalue weighted by Gasteiger charge is -2.26. The Morgan fingerprint density at radius 1 is 0.913 bits per heavy atom. The maximum atomic E-state index is 5.87. The van der Waals surface area contributed by atoms with Gasteiger partial charge in [0.15, 0.2) is 0 Å². The molecular weight excluding hydrogens is 280 g/mol. The number of ether oxygens (including phenoxy) is 1. The van der Waals surface area contributed by atoms with Crippen molar-refractivity contribution in [1.29, 1.82) is 0 Å². The minimum atomic E-state index is 0.764. The third-order valence-electron chi connectivity index (χ3n) is 5.34. The molecule has 0 spiro atoms. The molecule has 0 amide bonds. The van der Waals surface area contributed by atoms with Gasteiger partial charge in [-0.1, -0.05) is 63.8 Å². The quantitative estimate of drug-likeness (QED) is 0.539. The van der Waals surface area contributed by atoms with Gasteiger partial charge in [-0.05, 0) is 59.6 Å². The summed E-state index contributed by atoms with van der Waals surface area (Å²) in [6, 6.07) is 13.6. The van der Waals surface area contributed by atoms with Crippen molar-refractivity contribution in [3.63, 3.8) is 0 Å². The van der Waals surface area contributed by atoms with E-state index in [1.54, 1.807) is 0 Å². The normalized spacial score (nSPS) is 21.5. The molecule has 0 saturated heterocycles. The Morgan fingerprint density at radius 2 is 1.65 bits per heavy atom. The van der Waals surface area contributed by atoms with Crippen LogP contribution < -0.4 is 4.74 Å². The maximum absolute atomic E-state index is 5.87. The van der Waals surface area contributed by atoms with E-state index < -0.39 is 0 Å². The maximum Gasteiger partial charge on any atom is 0.119 e. The van der Waals surface area contributed by atoms with Gasteiger partial charge in [0, 0.05) is 0 Å². The van der Waals surface area contributed by atoms with E-state index in [2.05, 4.69) is 50.2 Å². The highest BCUT2D eigenvalue weighted by Gasteiger charge is 2.19. The molecule has 2 aromatic carbocycles. The third kappa shape index (κ3) is 4.28. The van der Waals surface area contributed by atoms with Crippen LogP contribution >= 0.6 is 0 Å². The molecule has 0 heterocycles. The zero-order valence-electron chi connectivity index (χ0n) is 14.7. The van der Waals surface area contributed by atoms with Crippen LogP contribution in [0.25, 0.3) is 10.8 Å². The van der Waals surface area contributed by atoms with Crippen molar-refractivity contribution in [2.24, 2.45) is 5.92 Å². The first-order valence-corrected chi connectivity index (χ1v) is 9.42. The summed E-state index contributed by atoms with van der Waals surface area (Å²) >= 11 is 0. The summed E-state index contributed by atoms with van der Waals surface area (Å²) in [5.74, 6) is 2.69. The van der Waals surface area contributed by atoms with Crippen LogP contribution in [0.1, 0.15) is 70.3 Å². The van der Waals surface area contributed by atoms with Crippen LogP contribution in [0, 0.1) is 5.92 Å².